The van der Waals surface area contributed by atoms with E-state index in [9.17, 15) is 4.79 Å². The zero-order valence-electron chi connectivity index (χ0n) is 15.3. The molecular weight excluding hydrogens is 342 g/mol. The molecule has 6 heteroatoms. The maximum atomic E-state index is 12.6. The highest BCUT2D eigenvalue weighted by Crippen LogP contribution is 2.37. The minimum atomic E-state index is -0.384. The smallest absolute Gasteiger partial charge is 0.246 e. The number of benzene rings is 1. The standard InChI is InChI=1S/C21H25N3O3/c25-20(8-7-18-13-22-16-23-18)24-11-9-19(21(15-24)10-4-12-27-21)26-14-17-5-2-1-3-6-17/h1-3,5-8,13,16,19H,4,9-12,14-15H2,(H,22,23)/t19-,21-/m0/s1. The van der Waals surface area contributed by atoms with Crippen LogP contribution in [0.2, 0.25) is 0 Å². The molecule has 1 aromatic carbocycles. The van der Waals surface area contributed by atoms with Gasteiger partial charge >= 0.3 is 0 Å². The normalized spacial score (nSPS) is 25.5. The van der Waals surface area contributed by atoms with E-state index in [-0.39, 0.29) is 17.6 Å². The van der Waals surface area contributed by atoms with Crippen LogP contribution in [0.15, 0.2) is 48.9 Å². The molecule has 6 nitrogen and oxygen atoms in total. The van der Waals surface area contributed by atoms with Crippen LogP contribution >= 0.6 is 0 Å². The number of aromatic amines is 1. The lowest BCUT2D eigenvalue weighted by Crippen LogP contribution is -2.58. The van der Waals surface area contributed by atoms with Gasteiger partial charge in [-0.05, 0) is 30.9 Å². The molecule has 2 saturated heterocycles. The Labute approximate surface area is 159 Å². The Hall–Kier alpha value is -2.44. The molecule has 1 spiro atoms. The highest BCUT2D eigenvalue weighted by molar-refractivity contribution is 5.91. The molecular formula is C21H25N3O3. The van der Waals surface area contributed by atoms with Gasteiger partial charge in [-0.3, -0.25) is 4.79 Å². The fourth-order valence-electron chi connectivity index (χ4n) is 3.96. The Balaban J connectivity index is 1.41. The zero-order chi connectivity index (χ0) is 18.5. The SMILES string of the molecule is O=C(C=Cc1cnc[nH]1)N1CC[C@H](OCc2ccccc2)[C@]2(CCCO2)C1. The third-order valence-electron chi connectivity index (χ3n) is 5.37. The van der Waals surface area contributed by atoms with Crippen LogP contribution in [0.25, 0.3) is 6.08 Å². The predicted molar refractivity (Wildman–Crippen MR) is 102 cm³/mol. The van der Waals surface area contributed by atoms with E-state index in [1.165, 1.54) is 0 Å². The molecule has 0 bridgehead atoms. The number of piperidine rings is 1. The molecule has 4 rings (SSSR count). The molecule has 3 heterocycles. The first-order valence-corrected chi connectivity index (χ1v) is 9.50. The number of carbonyl (C=O) groups is 1. The summed E-state index contributed by atoms with van der Waals surface area (Å²) in [5.74, 6) is 0.000911. The molecule has 1 amide bonds. The highest BCUT2D eigenvalue weighted by atomic mass is 16.6. The average molecular weight is 367 g/mol. The number of likely N-dealkylation sites (tertiary alicyclic amines) is 1. The molecule has 1 aromatic heterocycles. The number of nitrogens with zero attached hydrogens (tertiary/aromatic N) is 2. The molecule has 2 fully saturated rings. The van der Waals surface area contributed by atoms with Crippen molar-refractivity contribution in [2.45, 2.75) is 37.6 Å². The van der Waals surface area contributed by atoms with Crippen molar-refractivity contribution in [1.29, 1.82) is 0 Å². The van der Waals surface area contributed by atoms with Gasteiger partial charge in [-0.2, -0.15) is 0 Å². The monoisotopic (exact) mass is 367 g/mol. The number of imidazole rings is 1. The molecule has 1 N–H and O–H groups in total. The van der Waals surface area contributed by atoms with Crippen LogP contribution in [0.3, 0.4) is 0 Å². The van der Waals surface area contributed by atoms with Crippen LogP contribution in [0.5, 0.6) is 0 Å². The van der Waals surface area contributed by atoms with E-state index < -0.39 is 0 Å². The van der Waals surface area contributed by atoms with E-state index in [1.807, 2.05) is 23.1 Å². The van der Waals surface area contributed by atoms with Crippen molar-refractivity contribution in [3.8, 4) is 0 Å². The predicted octanol–water partition coefficient (Wildman–Crippen LogP) is 2.79. The maximum absolute atomic E-state index is 12.6. The lowest BCUT2D eigenvalue weighted by atomic mass is 9.86. The van der Waals surface area contributed by atoms with E-state index >= 15 is 0 Å². The summed E-state index contributed by atoms with van der Waals surface area (Å²) >= 11 is 0. The first-order valence-electron chi connectivity index (χ1n) is 9.50. The van der Waals surface area contributed by atoms with Gasteiger partial charge in [0.2, 0.25) is 5.91 Å². The Kier molecular flexibility index (Phi) is 5.36. The summed E-state index contributed by atoms with van der Waals surface area (Å²) < 4.78 is 12.4. The van der Waals surface area contributed by atoms with E-state index in [0.717, 1.165) is 37.1 Å². The number of H-pyrrole nitrogens is 1. The van der Waals surface area contributed by atoms with Gasteiger partial charge in [-0.25, -0.2) is 4.98 Å². The third-order valence-corrected chi connectivity index (χ3v) is 5.37. The summed E-state index contributed by atoms with van der Waals surface area (Å²) in [7, 11) is 0. The second-order valence-corrected chi connectivity index (χ2v) is 7.19. The Morgan fingerprint density at radius 1 is 1.41 bits per heavy atom. The van der Waals surface area contributed by atoms with E-state index in [1.54, 1.807) is 24.7 Å². The molecule has 27 heavy (non-hydrogen) atoms. The van der Waals surface area contributed by atoms with Gasteiger partial charge in [0.15, 0.2) is 0 Å². The summed E-state index contributed by atoms with van der Waals surface area (Å²) in [6.07, 6.45) is 9.39. The zero-order valence-corrected chi connectivity index (χ0v) is 15.3. The van der Waals surface area contributed by atoms with Crippen molar-refractivity contribution in [2.75, 3.05) is 19.7 Å². The van der Waals surface area contributed by atoms with Gasteiger partial charge in [0.05, 0.1) is 37.5 Å². The van der Waals surface area contributed by atoms with Crippen LogP contribution in [0, 0.1) is 0 Å². The van der Waals surface area contributed by atoms with Gasteiger partial charge in [0.25, 0.3) is 0 Å². The van der Waals surface area contributed by atoms with Crippen molar-refractivity contribution in [3.05, 3.63) is 60.2 Å². The number of hydrogen-bond acceptors (Lipinski definition) is 4. The third kappa shape index (κ3) is 4.12. The largest absolute Gasteiger partial charge is 0.370 e. The average Bonchev–Trinajstić information content (AvgIpc) is 3.39. The Bertz CT molecular complexity index is 767. The minimum absolute atomic E-state index is 0.000911. The van der Waals surface area contributed by atoms with Gasteiger partial charge in [-0.1, -0.05) is 30.3 Å². The maximum Gasteiger partial charge on any atom is 0.246 e. The van der Waals surface area contributed by atoms with E-state index in [4.69, 9.17) is 9.47 Å². The molecule has 0 saturated carbocycles. The second kappa shape index (κ2) is 8.06. The van der Waals surface area contributed by atoms with Crippen LogP contribution in [-0.2, 0) is 20.9 Å². The van der Waals surface area contributed by atoms with E-state index in [2.05, 4.69) is 22.1 Å². The van der Waals surface area contributed by atoms with Crippen LogP contribution < -0.4 is 0 Å². The van der Waals surface area contributed by atoms with Crippen LogP contribution in [0.1, 0.15) is 30.5 Å². The van der Waals surface area contributed by atoms with Gasteiger partial charge in [0.1, 0.15) is 5.60 Å². The first-order chi connectivity index (χ1) is 13.3. The fourth-order valence-corrected chi connectivity index (χ4v) is 3.96. The number of rotatable bonds is 5. The van der Waals surface area contributed by atoms with Crippen molar-refractivity contribution >= 4 is 12.0 Å². The Morgan fingerprint density at radius 2 is 2.30 bits per heavy atom. The van der Waals surface area contributed by atoms with Crippen molar-refractivity contribution in [3.63, 3.8) is 0 Å². The number of nitrogens with one attached hydrogen (secondary N) is 1. The van der Waals surface area contributed by atoms with Gasteiger partial charge < -0.3 is 19.4 Å². The fraction of sp³-hybridized carbons (Fsp3) is 0.429. The minimum Gasteiger partial charge on any atom is -0.370 e. The topological polar surface area (TPSA) is 67.5 Å². The highest BCUT2D eigenvalue weighted by Gasteiger charge is 2.48. The lowest BCUT2D eigenvalue weighted by Gasteiger charge is -2.45. The van der Waals surface area contributed by atoms with Crippen LogP contribution in [-0.4, -0.2) is 52.2 Å². The van der Waals surface area contributed by atoms with Crippen molar-refractivity contribution in [2.24, 2.45) is 0 Å². The molecule has 2 aliphatic heterocycles. The summed E-state index contributed by atoms with van der Waals surface area (Å²) in [5, 5.41) is 0. The molecule has 0 unspecified atom stereocenters. The number of hydrogen-bond donors (Lipinski definition) is 1. The summed E-state index contributed by atoms with van der Waals surface area (Å²) in [5.41, 5.74) is 1.59. The number of aromatic nitrogens is 2. The molecule has 2 atom stereocenters. The van der Waals surface area contributed by atoms with E-state index in [0.29, 0.717) is 19.7 Å². The first kappa shape index (κ1) is 17.9. The quantitative estimate of drug-likeness (QED) is 0.825. The number of amides is 1. The summed E-state index contributed by atoms with van der Waals surface area (Å²) in [4.78, 5) is 21.4. The van der Waals surface area contributed by atoms with Crippen molar-refractivity contribution in [1.82, 2.24) is 14.9 Å². The van der Waals surface area contributed by atoms with Crippen LogP contribution in [0.4, 0.5) is 0 Å². The molecule has 0 radical (unpaired) electrons. The van der Waals surface area contributed by atoms with Gasteiger partial charge in [-0.15, -0.1) is 0 Å². The Morgan fingerprint density at radius 3 is 3.04 bits per heavy atom. The summed E-state index contributed by atoms with van der Waals surface area (Å²) in [6, 6.07) is 10.2. The molecule has 0 aliphatic carbocycles. The second-order valence-electron chi connectivity index (χ2n) is 7.19. The van der Waals surface area contributed by atoms with Gasteiger partial charge in [0, 0.05) is 19.2 Å². The number of carbonyl (C=O) groups excluding carboxylic acids is 1. The number of ether oxygens (including phenoxy) is 2. The molecule has 2 aliphatic rings. The molecule has 2 aromatic rings. The molecule has 142 valence electrons. The van der Waals surface area contributed by atoms with Crippen molar-refractivity contribution < 1.29 is 14.3 Å². The summed E-state index contributed by atoms with van der Waals surface area (Å²) in [6.45, 7) is 2.57. The lowest BCUT2D eigenvalue weighted by molar-refractivity contribution is -0.167.